The van der Waals surface area contributed by atoms with E-state index < -0.39 is 0 Å². The smallest absolute Gasteiger partial charge is 0.0516 e. The molecule has 1 aliphatic carbocycles. The second kappa shape index (κ2) is 4.61. The summed E-state index contributed by atoms with van der Waals surface area (Å²) >= 11 is 0. The van der Waals surface area contributed by atoms with Gasteiger partial charge in [-0.1, -0.05) is 46.8 Å². The van der Waals surface area contributed by atoms with Crippen LogP contribution in [0.5, 0.6) is 0 Å². The van der Waals surface area contributed by atoms with Gasteiger partial charge in [0.15, 0.2) is 0 Å². The summed E-state index contributed by atoms with van der Waals surface area (Å²) in [5, 5.41) is 0. The number of hydrogen-bond acceptors (Lipinski definition) is 1. The van der Waals surface area contributed by atoms with Crippen molar-refractivity contribution in [2.24, 2.45) is 0 Å². The zero-order chi connectivity index (χ0) is 11.5. The van der Waals surface area contributed by atoms with Crippen molar-refractivity contribution in [1.82, 2.24) is 4.98 Å². The van der Waals surface area contributed by atoms with Gasteiger partial charge >= 0.3 is 0 Å². The quantitative estimate of drug-likeness (QED) is 0.621. The summed E-state index contributed by atoms with van der Waals surface area (Å²) < 4.78 is 0. The first-order valence-corrected chi connectivity index (χ1v) is 5.74. The van der Waals surface area contributed by atoms with Gasteiger partial charge in [0.05, 0.1) is 5.69 Å². The van der Waals surface area contributed by atoms with Gasteiger partial charge in [0, 0.05) is 12.6 Å². The van der Waals surface area contributed by atoms with Crippen molar-refractivity contribution in [3.05, 3.63) is 35.2 Å². The highest BCUT2D eigenvalue weighted by Gasteiger charge is 2.20. The average molecular weight is 203 g/mol. The average Bonchev–Trinajstić information content (AvgIpc) is 2.66. The van der Waals surface area contributed by atoms with E-state index in [4.69, 9.17) is 0 Å². The Morgan fingerprint density at radius 3 is 2.47 bits per heavy atom. The molecule has 1 aliphatic rings. The first-order chi connectivity index (χ1) is 7.09. The van der Waals surface area contributed by atoms with Gasteiger partial charge in [-0.3, -0.25) is 4.98 Å². The van der Waals surface area contributed by atoms with Crippen molar-refractivity contribution in [1.29, 1.82) is 0 Å². The molecule has 1 aromatic rings. The van der Waals surface area contributed by atoms with Gasteiger partial charge in [-0.15, -0.1) is 0 Å². The minimum atomic E-state index is 0.224. The maximum atomic E-state index is 4.37. The van der Waals surface area contributed by atoms with Gasteiger partial charge in [-0.25, -0.2) is 0 Å². The Bertz CT molecular complexity index is 356. The molecule has 0 aliphatic heterocycles. The van der Waals surface area contributed by atoms with Crippen LogP contribution in [0.25, 0.3) is 6.08 Å². The lowest BCUT2D eigenvalue weighted by Gasteiger charge is -2.21. The molecule has 0 aromatic carbocycles. The molecular weight excluding hydrogens is 182 g/mol. The third kappa shape index (κ3) is 2.47. The second-order valence-electron chi connectivity index (χ2n) is 4.58. The van der Waals surface area contributed by atoms with E-state index >= 15 is 0 Å². The number of fused-ring (bicyclic) bond motifs is 1. The molecule has 0 saturated heterocycles. The summed E-state index contributed by atoms with van der Waals surface area (Å²) in [5.74, 6) is 0. The molecule has 82 valence electrons. The maximum absolute atomic E-state index is 4.37. The number of allylic oxidation sites excluding steroid dienone is 1. The van der Waals surface area contributed by atoms with E-state index in [1.165, 1.54) is 16.8 Å². The van der Waals surface area contributed by atoms with Crippen LogP contribution in [0.1, 0.15) is 51.4 Å². The molecule has 0 amide bonds. The van der Waals surface area contributed by atoms with Gasteiger partial charge in [-0.2, -0.15) is 0 Å². The summed E-state index contributed by atoms with van der Waals surface area (Å²) in [6.07, 6.45) is 7.31. The van der Waals surface area contributed by atoms with Crippen molar-refractivity contribution < 1.29 is 0 Å². The minimum absolute atomic E-state index is 0.224. The Hall–Kier alpha value is -1.11. The molecule has 0 N–H and O–H groups in total. The molecule has 1 heteroatoms. The van der Waals surface area contributed by atoms with Gasteiger partial charge in [0.25, 0.3) is 0 Å². The number of pyridine rings is 1. The molecule has 0 atom stereocenters. The highest BCUT2D eigenvalue weighted by Crippen LogP contribution is 2.30. The number of hydrogen-bond donors (Lipinski definition) is 0. The molecule has 0 unspecified atom stereocenters. The van der Waals surface area contributed by atoms with Crippen molar-refractivity contribution in [3.63, 3.8) is 0 Å². The van der Waals surface area contributed by atoms with Crippen LogP contribution >= 0.6 is 0 Å². The van der Waals surface area contributed by atoms with Crippen LogP contribution in [0.3, 0.4) is 0 Å². The summed E-state index contributed by atoms with van der Waals surface area (Å²) in [6, 6.07) is 2.13. The van der Waals surface area contributed by atoms with Crippen LogP contribution in [0.4, 0.5) is 0 Å². The van der Waals surface area contributed by atoms with Gasteiger partial charge < -0.3 is 0 Å². The molecule has 1 nitrogen and oxygen atoms in total. The van der Waals surface area contributed by atoms with Gasteiger partial charge in [0.2, 0.25) is 0 Å². The van der Waals surface area contributed by atoms with E-state index in [1.807, 2.05) is 20.0 Å². The first-order valence-electron chi connectivity index (χ1n) is 5.74. The number of nitrogens with zero attached hydrogens (tertiary/aromatic N) is 1. The number of rotatable bonds is 0. The van der Waals surface area contributed by atoms with Crippen LogP contribution < -0.4 is 0 Å². The van der Waals surface area contributed by atoms with Crippen molar-refractivity contribution in [2.45, 2.75) is 46.5 Å². The lowest BCUT2D eigenvalue weighted by atomic mass is 9.84. The first kappa shape index (κ1) is 12.0. The minimum Gasteiger partial charge on any atom is -0.260 e. The van der Waals surface area contributed by atoms with Crippen LogP contribution in [0, 0.1) is 0 Å². The molecule has 1 aromatic heterocycles. The SMILES string of the molecule is CC.CC(C)(C)c1ccnc2c1C=CC2. The zero-order valence-corrected chi connectivity index (χ0v) is 10.5. The van der Waals surface area contributed by atoms with Crippen molar-refractivity contribution >= 4 is 6.08 Å². The molecule has 0 saturated carbocycles. The van der Waals surface area contributed by atoms with E-state index in [0.717, 1.165) is 6.42 Å². The molecule has 0 radical (unpaired) electrons. The lowest BCUT2D eigenvalue weighted by molar-refractivity contribution is 0.587. The molecule has 1 heterocycles. The van der Waals surface area contributed by atoms with Crippen LogP contribution in [0.2, 0.25) is 0 Å². The molecule has 2 rings (SSSR count). The molecule has 0 bridgehead atoms. The molecular formula is C14H21N. The topological polar surface area (TPSA) is 12.9 Å². The summed E-state index contributed by atoms with van der Waals surface area (Å²) in [6.45, 7) is 10.7. The van der Waals surface area contributed by atoms with Crippen molar-refractivity contribution in [2.75, 3.05) is 0 Å². The molecule has 15 heavy (non-hydrogen) atoms. The van der Waals surface area contributed by atoms with E-state index in [-0.39, 0.29) is 5.41 Å². The maximum Gasteiger partial charge on any atom is 0.0516 e. The van der Waals surface area contributed by atoms with Gasteiger partial charge in [0.1, 0.15) is 0 Å². The Kier molecular flexibility index (Phi) is 3.67. The van der Waals surface area contributed by atoms with E-state index in [2.05, 4.69) is 44.0 Å². The predicted molar refractivity (Wildman–Crippen MR) is 67.0 cm³/mol. The third-order valence-corrected chi connectivity index (χ3v) is 2.48. The van der Waals surface area contributed by atoms with Crippen LogP contribution in [0.15, 0.2) is 18.3 Å². The van der Waals surface area contributed by atoms with E-state index in [1.54, 1.807) is 0 Å². The standard InChI is InChI=1S/C12H15N.C2H6/c1-12(2,3)10-7-8-13-11-6-4-5-9(10)11;1-2/h4-5,7-8H,6H2,1-3H3;1-2H3. The predicted octanol–water partition coefficient (Wildman–Crippen LogP) is 3.97. The Morgan fingerprint density at radius 1 is 1.20 bits per heavy atom. The molecule has 0 spiro atoms. The Balaban J connectivity index is 0.000000531. The van der Waals surface area contributed by atoms with E-state index in [0.29, 0.717) is 0 Å². The molecule has 0 fully saturated rings. The normalized spacial score (nSPS) is 13.1. The third-order valence-electron chi connectivity index (χ3n) is 2.48. The summed E-state index contributed by atoms with van der Waals surface area (Å²) in [4.78, 5) is 4.37. The Morgan fingerprint density at radius 2 is 1.87 bits per heavy atom. The zero-order valence-electron chi connectivity index (χ0n) is 10.5. The van der Waals surface area contributed by atoms with Crippen LogP contribution in [-0.2, 0) is 11.8 Å². The fourth-order valence-corrected chi connectivity index (χ4v) is 1.81. The summed E-state index contributed by atoms with van der Waals surface area (Å²) in [5.41, 5.74) is 4.20. The van der Waals surface area contributed by atoms with Crippen LogP contribution in [-0.4, -0.2) is 4.98 Å². The highest BCUT2D eigenvalue weighted by atomic mass is 14.7. The fraction of sp³-hybridized carbons (Fsp3) is 0.500. The van der Waals surface area contributed by atoms with Gasteiger partial charge in [-0.05, 0) is 22.6 Å². The lowest BCUT2D eigenvalue weighted by Crippen LogP contribution is -2.13. The second-order valence-corrected chi connectivity index (χ2v) is 4.58. The Labute approximate surface area is 93.2 Å². The monoisotopic (exact) mass is 203 g/mol. The summed E-state index contributed by atoms with van der Waals surface area (Å²) in [7, 11) is 0. The highest BCUT2D eigenvalue weighted by molar-refractivity contribution is 5.62. The van der Waals surface area contributed by atoms with E-state index in [9.17, 15) is 0 Å². The van der Waals surface area contributed by atoms with Crippen molar-refractivity contribution in [3.8, 4) is 0 Å². The largest absolute Gasteiger partial charge is 0.260 e. The fourth-order valence-electron chi connectivity index (χ4n) is 1.81. The number of aromatic nitrogens is 1.